The Bertz CT molecular complexity index is 582. The molecule has 0 saturated heterocycles. The van der Waals surface area contributed by atoms with E-state index in [-0.39, 0.29) is 29.7 Å². The first-order chi connectivity index (χ1) is 11.1. The van der Waals surface area contributed by atoms with Gasteiger partial charge in [0.1, 0.15) is 5.75 Å². The van der Waals surface area contributed by atoms with Crippen LogP contribution in [0.4, 0.5) is 0 Å². The number of amides is 3. The molecule has 1 saturated carbocycles. The van der Waals surface area contributed by atoms with Crippen molar-refractivity contribution in [3.63, 3.8) is 0 Å². The van der Waals surface area contributed by atoms with Gasteiger partial charge in [-0.1, -0.05) is 31.4 Å². The second-order valence-corrected chi connectivity index (χ2v) is 5.52. The third-order valence-corrected chi connectivity index (χ3v) is 3.81. The van der Waals surface area contributed by atoms with Crippen LogP contribution in [0.5, 0.6) is 5.75 Å². The maximum absolute atomic E-state index is 11.9. The second-order valence-electron chi connectivity index (χ2n) is 5.52. The molecule has 0 aliphatic heterocycles. The van der Waals surface area contributed by atoms with Gasteiger partial charge in [0.15, 0.2) is 6.61 Å². The van der Waals surface area contributed by atoms with Crippen molar-refractivity contribution in [3.8, 4) is 5.75 Å². The molecule has 3 amide bonds. The summed E-state index contributed by atoms with van der Waals surface area (Å²) in [5, 5.41) is 0. The van der Waals surface area contributed by atoms with E-state index in [1.165, 1.54) is 6.07 Å². The van der Waals surface area contributed by atoms with Crippen LogP contribution >= 0.6 is 0 Å². The molecule has 0 radical (unpaired) electrons. The van der Waals surface area contributed by atoms with Crippen LogP contribution in [0, 0.1) is 5.92 Å². The Labute approximate surface area is 134 Å². The van der Waals surface area contributed by atoms with Crippen molar-refractivity contribution in [1.82, 2.24) is 10.9 Å². The largest absolute Gasteiger partial charge is 0.483 e. The third-order valence-electron chi connectivity index (χ3n) is 3.81. The van der Waals surface area contributed by atoms with E-state index < -0.39 is 11.8 Å². The molecule has 1 aliphatic carbocycles. The summed E-state index contributed by atoms with van der Waals surface area (Å²) in [5.41, 5.74) is 10.2. The molecule has 1 aromatic rings. The number of rotatable bonds is 5. The summed E-state index contributed by atoms with van der Waals surface area (Å²) in [5.74, 6) is -1.12. The van der Waals surface area contributed by atoms with Crippen molar-refractivity contribution < 1.29 is 19.1 Å². The number of carbonyl (C=O) groups is 3. The molecule has 0 aromatic heterocycles. The number of hydrogen-bond acceptors (Lipinski definition) is 4. The molecule has 1 aromatic carbocycles. The normalized spacial score (nSPS) is 14.8. The van der Waals surface area contributed by atoms with E-state index in [9.17, 15) is 14.4 Å². The fourth-order valence-electron chi connectivity index (χ4n) is 2.57. The lowest BCUT2D eigenvalue weighted by Crippen LogP contribution is -2.46. The van der Waals surface area contributed by atoms with Gasteiger partial charge in [-0.15, -0.1) is 0 Å². The van der Waals surface area contributed by atoms with E-state index in [0.717, 1.165) is 32.1 Å². The van der Waals surface area contributed by atoms with Gasteiger partial charge in [-0.05, 0) is 25.0 Å². The zero-order chi connectivity index (χ0) is 16.7. The molecule has 0 atom stereocenters. The number of ether oxygens (including phenoxy) is 1. The number of hydrogen-bond donors (Lipinski definition) is 3. The molecule has 0 spiro atoms. The molecule has 7 heteroatoms. The average molecular weight is 319 g/mol. The molecule has 124 valence electrons. The minimum absolute atomic E-state index is 0.0412. The molecule has 4 N–H and O–H groups in total. The SMILES string of the molecule is NC(=O)c1ccccc1OCC(=O)NNC(=O)C1CCCCC1. The molecule has 1 fully saturated rings. The Morgan fingerprint density at radius 2 is 1.78 bits per heavy atom. The van der Waals surface area contributed by atoms with Gasteiger partial charge in [0.05, 0.1) is 5.56 Å². The van der Waals surface area contributed by atoms with E-state index in [4.69, 9.17) is 10.5 Å². The van der Waals surface area contributed by atoms with Crippen molar-refractivity contribution in [2.24, 2.45) is 11.7 Å². The van der Waals surface area contributed by atoms with Crippen LogP contribution in [0.2, 0.25) is 0 Å². The first-order valence-electron chi connectivity index (χ1n) is 7.68. The molecule has 23 heavy (non-hydrogen) atoms. The first-order valence-corrected chi connectivity index (χ1v) is 7.68. The van der Waals surface area contributed by atoms with Crippen LogP contribution in [0.1, 0.15) is 42.5 Å². The van der Waals surface area contributed by atoms with Crippen LogP contribution in [-0.4, -0.2) is 24.3 Å². The van der Waals surface area contributed by atoms with Crippen molar-refractivity contribution in [2.75, 3.05) is 6.61 Å². The number of carbonyl (C=O) groups excluding carboxylic acids is 3. The minimum atomic E-state index is -0.633. The summed E-state index contributed by atoms with van der Waals surface area (Å²) in [6, 6.07) is 6.39. The molecule has 0 heterocycles. The van der Waals surface area contributed by atoms with Crippen molar-refractivity contribution >= 4 is 17.7 Å². The van der Waals surface area contributed by atoms with Crippen molar-refractivity contribution in [1.29, 1.82) is 0 Å². The zero-order valence-electron chi connectivity index (χ0n) is 12.8. The predicted molar refractivity (Wildman–Crippen MR) is 83.3 cm³/mol. The van der Waals surface area contributed by atoms with E-state index in [2.05, 4.69) is 10.9 Å². The molecular formula is C16H21N3O4. The summed E-state index contributed by atoms with van der Waals surface area (Å²) in [6.07, 6.45) is 4.94. The van der Waals surface area contributed by atoms with Gasteiger partial charge in [-0.2, -0.15) is 0 Å². The topological polar surface area (TPSA) is 111 Å². The maximum atomic E-state index is 11.9. The maximum Gasteiger partial charge on any atom is 0.276 e. The fourth-order valence-corrected chi connectivity index (χ4v) is 2.57. The number of benzene rings is 1. The summed E-state index contributed by atoms with van der Waals surface area (Å²) in [4.78, 5) is 34.9. The second kappa shape index (κ2) is 8.17. The van der Waals surface area contributed by atoms with E-state index in [1.807, 2.05) is 0 Å². The minimum Gasteiger partial charge on any atom is -0.483 e. The Kier molecular flexibility index (Phi) is 5.96. The fraction of sp³-hybridized carbons (Fsp3) is 0.438. The number of hydrazine groups is 1. The Hall–Kier alpha value is -2.57. The van der Waals surface area contributed by atoms with Gasteiger partial charge >= 0.3 is 0 Å². The summed E-state index contributed by atoms with van der Waals surface area (Å²) in [7, 11) is 0. The third kappa shape index (κ3) is 4.98. The van der Waals surface area contributed by atoms with Crippen LogP contribution in [0.25, 0.3) is 0 Å². The van der Waals surface area contributed by atoms with Gasteiger partial charge < -0.3 is 10.5 Å². The lowest BCUT2D eigenvalue weighted by Gasteiger charge is -2.20. The molecule has 2 rings (SSSR count). The Morgan fingerprint density at radius 1 is 1.09 bits per heavy atom. The average Bonchev–Trinajstić information content (AvgIpc) is 2.58. The molecule has 0 bridgehead atoms. The van der Waals surface area contributed by atoms with Crippen LogP contribution in [0.15, 0.2) is 24.3 Å². The van der Waals surface area contributed by atoms with Crippen molar-refractivity contribution in [2.45, 2.75) is 32.1 Å². The molecule has 1 aliphatic rings. The van der Waals surface area contributed by atoms with Crippen molar-refractivity contribution in [3.05, 3.63) is 29.8 Å². The van der Waals surface area contributed by atoms with Crippen LogP contribution < -0.4 is 21.3 Å². The van der Waals surface area contributed by atoms with Crippen LogP contribution in [-0.2, 0) is 9.59 Å². The van der Waals surface area contributed by atoms with Gasteiger partial charge in [0, 0.05) is 5.92 Å². The van der Waals surface area contributed by atoms with Gasteiger partial charge in [-0.25, -0.2) is 0 Å². The van der Waals surface area contributed by atoms with E-state index >= 15 is 0 Å². The standard InChI is InChI=1S/C16H21N3O4/c17-15(21)12-8-4-5-9-13(12)23-10-14(20)18-19-16(22)11-6-2-1-3-7-11/h4-5,8-9,11H,1-3,6-7,10H2,(H2,17,21)(H,18,20)(H,19,22). The Balaban J connectivity index is 1.77. The lowest BCUT2D eigenvalue weighted by molar-refractivity contribution is -0.132. The lowest BCUT2D eigenvalue weighted by atomic mass is 9.89. The number of nitrogens with one attached hydrogen (secondary N) is 2. The number of para-hydroxylation sites is 1. The zero-order valence-corrected chi connectivity index (χ0v) is 12.8. The van der Waals surface area contributed by atoms with E-state index in [0.29, 0.717) is 0 Å². The predicted octanol–water partition coefficient (Wildman–Crippen LogP) is 0.892. The quantitative estimate of drug-likeness (QED) is 0.700. The highest BCUT2D eigenvalue weighted by Gasteiger charge is 2.21. The molecule has 0 unspecified atom stereocenters. The van der Waals surface area contributed by atoms with Crippen LogP contribution in [0.3, 0.4) is 0 Å². The molecule has 7 nitrogen and oxygen atoms in total. The van der Waals surface area contributed by atoms with Gasteiger partial charge in [0.2, 0.25) is 5.91 Å². The number of primary amides is 1. The number of nitrogens with two attached hydrogens (primary N) is 1. The van der Waals surface area contributed by atoms with Gasteiger partial charge in [0.25, 0.3) is 11.8 Å². The highest BCUT2D eigenvalue weighted by atomic mass is 16.5. The van der Waals surface area contributed by atoms with Gasteiger partial charge in [-0.3, -0.25) is 25.2 Å². The first kappa shape index (κ1) is 16.8. The highest BCUT2D eigenvalue weighted by molar-refractivity contribution is 5.95. The molecular weight excluding hydrogens is 298 g/mol. The summed E-state index contributed by atoms with van der Waals surface area (Å²) < 4.78 is 5.27. The summed E-state index contributed by atoms with van der Waals surface area (Å²) in [6.45, 7) is -0.324. The van der Waals surface area contributed by atoms with E-state index in [1.54, 1.807) is 18.2 Å². The smallest absolute Gasteiger partial charge is 0.276 e. The Morgan fingerprint density at radius 3 is 2.48 bits per heavy atom. The highest BCUT2D eigenvalue weighted by Crippen LogP contribution is 2.23. The summed E-state index contributed by atoms with van der Waals surface area (Å²) >= 11 is 0. The monoisotopic (exact) mass is 319 g/mol.